The molecule has 0 bridgehead atoms. The number of rotatable bonds is 5. The van der Waals surface area contributed by atoms with E-state index in [1.165, 1.54) is 58.1 Å². The van der Waals surface area contributed by atoms with E-state index in [1.807, 2.05) is 0 Å². The summed E-state index contributed by atoms with van der Waals surface area (Å²) in [7, 11) is 2.52. The van der Waals surface area contributed by atoms with Crippen LogP contribution in [0, 0.1) is 5.92 Å². The molecule has 2 aliphatic rings. The highest BCUT2D eigenvalue weighted by Gasteiger charge is 2.39. The van der Waals surface area contributed by atoms with Gasteiger partial charge in [0.05, 0.1) is 31.9 Å². The highest BCUT2D eigenvalue weighted by molar-refractivity contribution is 5.99. The molecule has 1 aliphatic carbocycles. The van der Waals surface area contributed by atoms with Gasteiger partial charge in [-0.2, -0.15) is 0 Å². The number of likely N-dealkylation sites (tertiary alicyclic amines) is 1. The number of nitrogens with zero attached hydrogens (tertiary/aromatic N) is 1. The zero-order chi connectivity index (χ0) is 19.4. The quantitative estimate of drug-likeness (QED) is 0.797. The van der Waals surface area contributed by atoms with E-state index >= 15 is 0 Å². The molecule has 2 fully saturated rings. The van der Waals surface area contributed by atoms with E-state index in [0.29, 0.717) is 24.2 Å². The molecular weight excluding hydrogens is 348 g/mol. The van der Waals surface area contributed by atoms with Crippen molar-refractivity contribution in [3.63, 3.8) is 0 Å². The van der Waals surface area contributed by atoms with Crippen LogP contribution in [0.25, 0.3) is 0 Å². The van der Waals surface area contributed by atoms with Gasteiger partial charge in [0.25, 0.3) is 0 Å². The number of methoxy groups -OCH3 is 2. The Morgan fingerprint density at radius 1 is 1.00 bits per heavy atom. The third-order valence-corrected chi connectivity index (χ3v) is 5.46. The molecule has 3 rings (SSSR count). The van der Waals surface area contributed by atoms with Crippen molar-refractivity contribution in [2.45, 2.75) is 38.1 Å². The lowest BCUT2D eigenvalue weighted by Gasteiger charge is -2.47. The van der Waals surface area contributed by atoms with Gasteiger partial charge < -0.3 is 14.8 Å². The first-order chi connectivity index (χ1) is 13.0. The predicted octanol–water partition coefficient (Wildman–Crippen LogP) is 2.46. The van der Waals surface area contributed by atoms with Crippen LogP contribution in [0.1, 0.15) is 52.8 Å². The van der Waals surface area contributed by atoms with Crippen molar-refractivity contribution in [3.05, 3.63) is 29.3 Å². The van der Waals surface area contributed by atoms with Crippen molar-refractivity contribution in [3.8, 4) is 0 Å². The number of fused-ring (bicyclic) bond motifs is 1. The predicted molar refractivity (Wildman–Crippen MR) is 99.7 cm³/mol. The van der Waals surface area contributed by atoms with E-state index in [4.69, 9.17) is 9.47 Å². The first-order valence-electron chi connectivity index (χ1n) is 9.37. The van der Waals surface area contributed by atoms with Crippen LogP contribution in [0.3, 0.4) is 0 Å². The standard InChI is InChI=1S/C20H26N2O5/c1-26-19(24)14-8-15(20(25)27-2)10-16(9-14)21-18(23)12-22-11-13-6-4-3-5-7-17(13)22/h8-10,13,17H,3-7,11-12H2,1-2H3,(H,21,23)/t13-,17+/m0/s1. The molecule has 2 atom stereocenters. The first-order valence-corrected chi connectivity index (χ1v) is 9.37. The topological polar surface area (TPSA) is 84.9 Å². The van der Waals surface area contributed by atoms with Gasteiger partial charge in [0, 0.05) is 18.3 Å². The van der Waals surface area contributed by atoms with E-state index in [-0.39, 0.29) is 17.0 Å². The van der Waals surface area contributed by atoms with Crippen LogP contribution in [0.15, 0.2) is 18.2 Å². The number of esters is 2. The summed E-state index contributed by atoms with van der Waals surface area (Å²) in [6, 6.07) is 4.89. The van der Waals surface area contributed by atoms with Gasteiger partial charge >= 0.3 is 11.9 Å². The van der Waals surface area contributed by atoms with Crippen molar-refractivity contribution in [1.29, 1.82) is 0 Å². The van der Waals surface area contributed by atoms with Crippen molar-refractivity contribution < 1.29 is 23.9 Å². The van der Waals surface area contributed by atoms with E-state index in [9.17, 15) is 14.4 Å². The number of ether oxygens (including phenoxy) is 2. The number of hydrogen-bond donors (Lipinski definition) is 1. The number of carbonyl (C=O) groups excluding carboxylic acids is 3. The number of anilines is 1. The van der Waals surface area contributed by atoms with Crippen molar-refractivity contribution in [2.24, 2.45) is 5.92 Å². The number of nitrogens with one attached hydrogen (secondary N) is 1. The van der Waals surface area contributed by atoms with Gasteiger partial charge in [0.15, 0.2) is 0 Å². The minimum Gasteiger partial charge on any atom is -0.465 e. The third kappa shape index (κ3) is 4.47. The Hall–Kier alpha value is -2.41. The second-order valence-corrected chi connectivity index (χ2v) is 7.23. The Morgan fingerprint density at radius 2 is 1.63 bits per heavy atom. The van der Waals surface area contributed by atoms with Gasteiger partial charge in [0.2, 0.25) is 5.91 Å². The molecule has 1 N–H and O–H groups in total. The molecule has 1 aliphatic heterocycles. The molecule has 1 aromatic carbocycles. The molecule has 0 spiro atoms. The molecule has 1 amide bonds. The summed E-state index contributed by atoms with van der Waals surface area (Å²) in [6.45, 7) is 1.28. The monoisotopic (exact) mass is 374 g/mol. The zero-order valence-corrected chi connectivity index (χ0v) is 15.8. The fraction of sp³-hybridized carbons (Fsp3) is 0.550. The Morgan fingerprint density at radius 3 is 2.26 bits per heavy atom. The lowest BCUT2D eigenvalue weighted by atomic mass is 9.84. The van der Waals surface area contributed by atoms with Crippen LogP contribution in [0.4, 0.5) is 5.69 Å². The van der Waals surface area contributed by atoms with Crippen LogP contribution in [-0.2, 0) is 14.3 Å². The number of hydrogen-bond acceptors (Lipinski definition) is 6. The largest absolute Gasteiger partial charge is 0.465 e. The van der Waals surface area contributed by atoms with Crippen LogP contribution in [0.5, 0.6) is 0 Å². The summed E-state index contributed by atoms with van der Waals surface area (Å²) in [4.78, 5) is 38.4. The zero-order valence-electron chi connectivity index (χ0n) is 15.8. The second-order valence-electron chi connectivity index (χ2n) is 7.23. The first kappa shape index (κ1) is 19.4. The SMILES string of the molecule is COC(=O)c1cc(NC(=O)CN2C[C@@H]3CCCCC[C@H]32)cc(C(=O)OC)c1. The fourth-order valence-corrected chi connectivity index (χ4v) is 4.10. The maximum atomic E-state index is 12.5. The summed E-state index contributed by atoms with van der Waals surface area (Å²) in [5, 5.41) is 2.79. The van der Waals surface area contributed by atoms with Gasteiger partial charge in [0.1, 0.15) is 0 Å². The number of benzene rings is 1. The van der Waals surface area contributed by atoms with Gasteiger partial charge in [-0.05, 0) is 37.0 Å². The molecule has 7 heteroatoms. The van der Waals surface area contributed by atoms with E-state index in [2.05, 4.69) is 10.2 Å². The molecular formula is C20H26N2O5. The molecule has 1 heterocycles. The molecule has 27 heavy (non-hydrogen) atoms. The Kier molecular flexibility index (Phi) is 6.11. The minimum absolute atomic E-state index is 0.157. The lowest BCUT2D eigenvalue weighted by molar-refractivity contribution is -0.121. The maximum absolute atomic E-state index is 12.5. The van der Waals surface area contributed by atoms with Crippen molar-refractivity contribution in [1.82, 2.24) is 4.90 Å². The van der Waals surface area contributed by atoms with Gasteiger partial charge in [-0.15, -0.1) is 0 Å². The van der Waals surface area contributed by atoms with E-state index in [0.717, 1.165) is 13.0 Å². The molecule has 0 radical (unpaired) electrons. The molecule has 1 saturated heterocycles. The van der Waals surface area contributed by atoms with Crippen LogP contribution >= 0.6 is 0 Å². The summed E-state index contributed by atoms with van der Waals surface area (Å²) >= 11 is 0. The summed E-state index contributed by atoms with van der Waals surface area (Å²) in [6.07, 6.45) is 6.21. The smallest absolute Gasteiger partial charge is 0.337 e. The van der Waals surface area contributed by atoms with Gasteiger partial charge in [-0.1, -0.05) is 19.3 Å². The van der Waals surface area contributed by atoms with Gasteiger partial charge in [-0.3, -0.25) is 9.69 Å². The highest BCUT2D eigenvalue weighted by atomic mass is 16.5. The second kappa shape index (κ2) is 8.52. The summed E-state index contributed by atoms with van der Waals surface area (Å²) < 4.78 is 9.43. The van der Waals surface area contributed by atoms with Crippen LogP contribution < -0.4 is 5.32 Å². The van der Waals surface area contributed by atoms with Gasteiger partial charge in [-0.25, -0.2) is 9.59 Å². The molecule has 0 aromatic heterocycles. The molecule has 0 unspecified atom stereocenters. The average molecular weight is 374 g/mol. The Labute approximate surface area is 159 Å². The summed E-state index contributed by atoms with van der Waals surface area (Å²) in [5.41, 5.74) is 0.744. The van der Waals surface area contributed by atoms with E-state index in [1.54, 1.807) is 0 Å². The number of amides is 1. The third-order valence-electron chi connectivity index (χ3n) is 5.46. The summed E-state index contributed by atoms with van der Waals surface area (Å²) in [5.74, 6) is -0.606. The molecule has 1 saturated carbocycles. The minimum atomic E-state index is -0.583. The highest BCUT2D eigenvalue weighted by Crippen LogP contribution is 2.35. The molecule has 7 nitrogen and oxygen atoms in total. The Bertz CT molecular complexity index is 699. The lowest BCUT2D eigenvalue weighted by Crippen LogP contribution is -2.57. The molecule has 1 aromatic rings. The molecule has 146 valence electrons. The normalized spacial score (nSPS) is 22.0. The fourth-order valence-electron chi connectivity index (χ4n) is 4.10. The van der Waals surface area contributed by atoms with Crippen molar-refractivity contribution >= 4 is 23.5 Å². The Balaban J connectivity index is 1.67. The van der Waals surface area contributed by atoms with Crippen LogP contribution in [-0.4, -0.2) is 56.1 Å². The maximum Gasteiger partial charge on any atom is 0.337 e. The van der Waals surface area contributed by atoms with E-state index < -0.39 is 11.9 Å². The van der Waals surface area contributed by atoms with Crippen molar-refractivity contribution in [2.75, 3.05) is 32.6 Å². The number of carbonyl (C=O) groups is 3. The average Bonchev–Trinajstić information content (AvgIpc) is 2.85. The van der Waals surface area contributed by atoms with Crippen LogP contribution in [0.2, 0.25) is 0 Å².